The molecule has 0 radical (unpaired) electrons. The van der Waals surface area contributed by atoms with Gasteiger partial charge < -0.3 is 10.6 Å². The molecule has 2 atom stereocenters. The second-order valence-corrected chi connectivity index (χ2v) is 7.93. The van der Waals surface area contributed by atoms with Gasteiger partial charge in [0.1, 0.15) is 6.04 Å². The molecule has 7 nitrogen and oxygen atoms in total. The summed E-state index contributed by atoms with van der Waals surface area (Å²) in [4.78, 5) is 35.9. The SMILES string of the molecule is CC(C)(C)[C@H]1NC(=O)C(CN(O)C=O)CCCCCCCCNC1=O. The monoisotopic (exact) mass is 355 g/mol. The van der Waals surface area contributed by atoms with Crippen LogP contribution in [0.4, 0.5) is 0 Å². The average molecular weight is 355 g/mol. The molecule has 1 unspecified atom stereocenters. The lowest BCUT2D eigenvalue weighted by molar-refractivity contribution is -0.155. The Hall–Kier alpha value is -1.63. The van der Waals surface area contributed by atoms with Crippen molar-refractivity contribution in [2.24, 2.45) is 11.3 Å². The van der Waals surface area contributed by atoms with Gasteiger partial charge in [0.15, 0.2) is 0 Å². The summed E-state index contributed by atoms with van der Waals surface area (Å²) in [6, 6.07) is -0.659. The fourth-order valence-electron chi connectivity index (χ4n) is 3.05. The number of hydrogen-bond acceptors (Lipinski definition) is 4. The lowest BCUT2D eigenvalue weighted by atomic mass is 9.85. The summed E-state index contributed by atoms with van der Waals surface area (Å²) in [6.45, 7) is 6.26. The van der Waals surface area contributed by atoms with Crippen molar-refractivity contribution in [2.45, 2.75) is 71.8 Å². The predicted molar refractivity (Wildman–Crippen MR) is 94.8 cm³/mol. The quantitative estimate of drug-likeness (QED) is 0.409. The maximum atomic E-state index is 12.7. The van der Waals surface area contributed by atoms with Crippen molar-refractivity contribution in [1.29, 1.82) is 0 Å². The van der Waals surface area contributed by atoms with E-state index in [0.717, 1.165) is 38.5 Å². The van der Waals surface area contributed by atoms with Gasteiger partial charge >= 0.3 is 0 Å². The minimum absolute atomic E-state index is 0.0617. The lowest BCUT2D eigenvalue weighted by Crippen LogP contribution is -2.55. The third kappa shape index (κ3) is 7.86. The molecular formula is C18H33N3O4. The fourth-order valence-corrected chi connectivity index (χ4v) is 3.05. The van der Waals surface area contributed by atoms with Gasteiger partial charge in [-0.2, -0.15) is 0 Å². The van der Waals surface area contributed by atoms with Crippen LogP contribution < -0.4 is 10.6 Å². The molecule has 1 saturated heterocycles. The Balaban J connectivity index is 2.90. The Morgan fingerprint density at radius 1 is 1.08 bits per heavy atom. The van der Waals surface area contributed by atoms with E-state index in [9.17, 15) is 19.6 Å². The number of rotatable bonds is 3. The molecule has 0 aromatic heterocycles. The van der Waals surface area contributed by atoms with E-state index >= 15 is 0 Å². The summed E-state index contributed by atoms with van der Waals surface area (Å²) in [5.41, 5.74) is -0.440. The van der Waals surface area contributed by atoms with Crippen LogP contribution in [0.5, 0.6) is 0 Å². The molecule has 3 N–H and O–H groups in total. The Morgan fingerprint density at radius 3 is 2.28 bits per heavy atom. The van der Waals surface area contributed by atoms with Gasteiger partial charge in [0.2, 0.25) is 18.2 Å². The summed E-state index contributed by atoms with van der Waals surface area (Å²) in [7, 11) is 0. The summed E-state index contributed by atoms with van der Waals surface area (Å²) < 4.78 is 0. The number of nitrogens with zero attached hydrogens (tertiary/aromatic N) is 1. The van der Waals surface area contributed by atoms with Gasteiger partial charge in [-0.3, -0.25) is 19.6 Å². The van der Waals surface area contributed by atoms with Crippen molar-refractivity contribution in [2.75, 3.05) is 13.1 Å². The molecule has 0 bridgehead atoms. The Morgan fingerprint density at radius 2 is 1.68 bits per heavy atom. The van der Waals surface area contributed by atoms with E-state index in [0.29, 0.717) is 24.4 Å². The summed E-state index contributed by atoms with van der Waals surface area (Å²) in [6.07, 6.45) is 6.97. The van der Waals surface area contributed by atoms with Gasteiger partial charge in [0.05, 0.1) is 12.5 Å². The maximum Gasteiger partial charge on any atom is 0.243 e. The summed E-state index contributed by atoms with van der Waals surface area (Å²) in [5, 5.41) is 15.7. The molecule has 1 aliphatic rings. The highest BCUT2D eigenvalue weighted by atomic mass is 16.5. The Kier molecular flexibility index (Phi) is 8.89. The number of hydroxylamine groups is 2. The normalized spacial score (nSPS) is 24.6. The van der Waals surface area contributed by atoms with Crippen molar-refractivity contribution >= 4 is 18.2 Å². The number of nitrogens with one attached hydrogen (secondary N) is 2. The Labute approximate surface area is 150 Å². The highest BCUT2D eigenvalue weighted by Gasteiger charge is 2.34. The van der Waals surface area contributed by atoms with Crippen molar-refractivity contribution < 1.29 is 19.6 Å². The van der Waals surface area contributed by atoms with Crippen LogP contribution in [0.1, 0.15) is 65.7 Å². The molecule has 25 heavy (non-hydrogen) atoms. The van der Waals surface area contributed by atoms with Gasteiger partial charge in [-0.15, -0.1) is 0 Å². The van der Waals surface area contributed by atoms with E-state index in [4.69, 9.17) is 0 Å². The van der Waals surface area contributed by atoms with E-state index in [2.05, 4.69) is 10.6 Å². The standard InChI is InChI=1S/C18H33N3O4/c1-18(2,3)15-17(24)19-11-9-7-5-4-6-8-10-14(16(23)20-15)12-21(25)13-22/h13-15,25H,4-12H2,1-3H3,(H,19,24)(H,20,23)/t14?,15-/m0/s1. The van der Waals surface area contributed by atoms with Crippen LogP contribution in [0.25, 0.3) is 0 Å². The molecule has 0 aromatic rings. The first kappa shape index (κ1) is 21.4. The van der Waals surface area contributed by atoms with Gasteiger partial charge in [0.25, 0.3) is 0 Å². The second kappa shape index (κ2) is 10.4. The zero-order valence-electron chi connectivity index (χ0n) is 15.7. The van der Waals surface area contributed by atoms with E-state index in [-0.39, 0.29) is 18.4 Å². The first-order valence-corrected chi connectivity index (χ1v) is 9.24. The van der Waals surface area contributed by atoms with Crippen LogP contribution in [-0.2, 0) is 14.4 Å². The van der Waals surface area contributed by atoms with Crippen LogP contribution in [0.3, 0.4) is 0 Å². The summed E-state index contributed by atoms with van der Waals surface area (Å²) in [5.74, 6) is -1.02. The average Bonchev–Trinajstić information content (AvgIpc) is 2.54. The molecule has 0 aromatic carbocycles. The topological polar surface area (TPSA) is 98.7 Å². The zero-order chi connectivity index (χ0) is 18.9. The molecule has 0 aliphatic carbocycles. The minimum atomic E-state index is -0.659. The molecule has 1 rings (SSSR count). The molecule has 144 valence electrons. The minimum Gasteiger partial charge on any atom is -0.354 e. The largest absolute Gasteiger partial charge is 0.354 e. The molecule has 7 heteroatoms. The van der Waals surface area contributed by atoms with Gasteiger partial charge in [-0.05, 0) is 18.3 Å². The molecule has 0 saturated carbocycles. The fraction of sp³-hybridized carbons (Fsp3) is 0.833. The second-order valence-electron chi connectivity index (χ2n) is 7.93. The predicted octanol–water partition coefficient (Wildman–Crippen LogP) is 1.84. The lowest BCUT2D eigenvalue weighted by Gasteiger charge is -2.32. The smallest absolute Gasteiger partial charge is 0.243 e. The van der Waals surface area contributed by atoms with Crippen LogP contribution in [0.2, 0.25) is 0 Å². The van der Waals surface area contributed by atoms with E-state index in [1.807, 2.05) is 20.8 Å². The molecular weight excluding hydrogens is 322 g/mol. The number of carbonyl (C=O) groups excluding carboxylic acids is 3. The molecule has 1 aliphatic heterocycles. The molecule has 0 spiro atoms. The third-order valence-electron chi connectivity index (χ3n) is 4.59. The molecule has 1 heterocycles. The molecule has 1 fully saturated rings. The van der Waals surface area contributed by atoms with Crippen molar-refractivity contribution in [3.05, 3.63) is 0 Å². The van der Waals surface area contributed by atoms with Gasteiger partial charge in [0, 0.05) is 6.54 Å². The molecule has 3 amide bonds. The highest BCUT2D eigenvalue weighted by molar-refractivity contribution is 5.89. The number of carbonyl (C=O) groups is 3. The van der Waals surface area contributed by atoms with Gasteiger partial charge in [-0.25, -0.2) is 5.06 Å². The Bertz CT molecular complexity index is 448. The van der Waals surface area contributed by atoms with Crippen molar-refractivity contribution in [3.63, 3.8) is 0 Å². The van der Waals surface area contributed by atoms with Crippen molar-refractivity contribution in [3.8, 4) is 0 Å². The first-order valence-electron chi connectivity index (χ1n) is 9.24. The van der Waals surface area contributed by atoms with Crippen molar-refractivity contribution in [1.82, 2.24) is 15.7 Å². The van der Waals surface area contributed by atoms with E-state index in [1.54, 1.807) is 0 Å². The van der Waals surface area contributed by atoms with Crippen LogP contribution >= 0.6 is 0 Å². The van der Waals surface area contributed by atoms with E-state index in [1.165, 1.54) is 0 Å². The first-order chi connectivity index (χ1) is 11.8. The van der Waals surface area contributed by atoms with Crippen LogP contribution in [0, 0.1) is 11.3 Å². The third-order valence-corrected chi connectivity index (χ3v) is 4.59. The zero-order valence-corrected chi connectivity index (χ0v) is 15.7. The number of hydrogen-bond donors (Lipinski definition) is 3. The van der Waals surface area contributed by atoms with Crippen LogP contribution in [-0.4, -0.2) is 47.6 Å². The summed E-state index contributed by atoms with van der Waals surface area (Å²) >= 11 is 0. The highest BCUT2D eigenvalue weighted by Crippen LogP contribution is 2.21. The number of amides is 3. The van der Waals surface area contributed by atoms with E-state index < -0.39 is 17.4 Å². The van der Waals surface area contributed by atoms with Crippen LogP contribution in [0.15, 0.2) is 0 Å². The van der Waals surface area contributed by atoms with Gasteiger partial charge in [-0.1, -0.05) is 52.9 Å². The maximum absolute atomic E-state index is 12.7.